The topological polar surface area (TPSA) is 67.2 Å². The number of nitrogens with one attached hydrogen (secondary N) is 1. The van der Waals surface area contributed by atoms with E-state index in [1.165, 1.54) is 0 Å². The van der Waals surface area contributed by atoms with Crippen LogP contribution in [-0.4, -0.2) is 39.6 Å². The van der Waals surface area contributed by atoms with Crippen LogP contribution in [0.25, 0.3) is 10.8 Å². The fraction of sp³-hybridized carbons (Fsp3) is 0.464. The Balaban J connectivity index is 1.87. The molecular weight excluding hydrogens is 424 g/mol. The monoisotopic (exact) mass is 462 g/mol. The summed E-state index contributed by atoms with van der Waals surface area (Å²) in [5.74, 6) is 0.297. The first-order valence-electron chi connectivity index (χ1n) is 12.1. The fourth-order valence-corrected chi connectivity index (χ4v) is 3.89. The molecule has 0 atom stereocenters. The number of rotatable bonds is 7. The van der Waals surface area contributed by atoms with Crippen LogP contribution in [-0.2, 0) is 15.7 Å². The summed E-state index contributed by atoms with van der Waals surface area (Å²) >= 11 is 0. The molecule has 0 aliphatic rings. The molecule has 1 N–H and O–H groups in total. The van der Waals surface area contributed by atoms with Crippen molar-refractivity contribution >= 4 is 28.4 Å². The second kappa shape index (κ2) is 10.00. The fourth-order valence-electron chi connectivity index (χ4n) is 3.89. The minimum atomic E-state index is -0.299. The number of carbonyl (C=O) groups is 2. The number of amides is 2. The van der Waals surface area contributed by atoms with Gasteiger partial charge in [-0.1, -0.05) is 70.5 Å². The highest BCUT2D eigenvalue weighted by molar-refractivity contribution is 6.08. The Labute approximate surface area is 203 Å². The van der Waals surface area contributed by atoms with Crippen LogP contribution in [0.2, 0.25) is 0 Å². The zero-order chi connectivity index (χ0) is 25.1. The van der Waals surface area contributed by atoms with E-state index in [1.807, 2.05) is 53.2 Å². The molecule has 0 saturated carbocycles. The lowest BCUT2D eigenvalue weighted by Gasteiger charge is -2.25. The highest BCUT2D eigenvalue weighted by atomic mass is 16.2. The van der Waals surface area contributed by atoms with E-state index in [2.05, 4.69) is 53.8 Å². The van der Waals surface area contributed by atoms with Crippen molar-refractivity contribution in [3.8, 4) is 0 Å². The molecule has 2 amide bonds. The number of unbranched alkanes of at least 4 members (excludes halogenated alkanes) is 1. The molecule has 0 radical (unpaired) electrons. The van der Waals surface area contributed by atoms with Crippen LogP contribution in [0.15, 0.2) is 48.5 Å². The van der Waals surface area contributed by atoms with Gasteiger partial charge in [0.1, 0.15) is 12.4 Å². The molecule has 3 rings (SSSR count). The van der Waals surface area contributed by atoms with Gasteiger partial charge >= 0.3 is 0 Å². The van der Waals surface area contributed by atoms with Gasteiger partial charge < -0.3 is 10.2 Å². The van der Waals surface area contributed by atoms with Crippen LogP contribution in [0, 0.1) is 0 Å². The lowest BCUT2D eigenvalue weighted by atomic mass is 9.92. The van der Waals surface area contributed by atoms with Crippen molar-refractivity contribution in [3.05, 3.63) is 59.8 Å². The second-order valence-corrected chi connectivity index (χ2v) is 10.9. The van der Waals surface area contributed by atoms with Crippen LogP contribution in [0.4, 0.5) is 5.82 Å². The van der Waals surface area contributed by atoms with E-state index in [0.717, 1.165) is 29.3 Å². The third-order valence-corrected chi connectivity index (χ3v) is 5.80. The molecule has 6 nitrogen and oxygen atoms in total. The van der Waals surface area contributed by atoms with Crippen molar-refractivity contribution < 1.29 is 9.59 Å². The Hall–Kier alpha value is -3.15. The molecule has 0 unspecified atom stereocenters. The molecule has 6 heteroatoms. The number of anilines is 1. The Morgan fingerprint density at radius 2 is 1.68 bits per heavy atom. The van der Waals surface area contributed by atoms with Gasteiger partial charge in [-0.05, 0) is 44.0 Å². The van der Waals surface area contributed by atoms with Gasteiger partial charge in [0.05, 0.1) is 11.2 Å². The smallest absolute Gasteiger partial charge is 0.254 e. The van der Waals surface area contributed by atoms with Crippen molar-refractivity contribution in [1.29, 1.82) is 0 Å². The predicted octanol–water partition coefficient (Wildman–Crippen LogP) is 5.97. The van der Waals surface area contributed by atoms with E-state index < -0.39 is 0 Å². The number of nitrogens with zero attached hydrogens (tertiary/aromatic N) is 3. The van der Waals surface area contributed by atoms with Crippen molar-refractivity contribution in [1.82, 2.24) is 14.7 Å². The first-order chi connectivity index (χ1) is 15.9. The number of carbonyl (C=O) groups excluding carboxylic acids is 2. The normalized spacial score (nSPS) is 12.1. The molecule has 34 heavy (non-hydrogen) atoms. The number of aromatic nitrogens is 2. The molecule has 182 valence electrons. The predicted molar refractivity (Wildman–Crippen MR) is 139 cm³/mol. The van der Waals surface area contributed by atoms with Crippen molar-refractivity contribution in [2.75, 3.05) is 18.4 Å². The van der Waals surface area contributed by atoms with Gasteiger partial charge in [0.2, 0.25) is 5.91 Å². The van der Waals surface area contributed by atoms with E-state index in [4.69, 9.17) is 5.10 Å². The molecule has 0 saturated heterocycles. The Kier molecular flexibility index (Phi) is 7.49. The van der Waals surface area contributed by atoms with Crippen LogP contribution in [0.1, 0.15) is 77.4 Å². The van der Waals surface area contributed by atoms with Gasteiger partial charge in [-0.15, -0.1) is 0 Å². The van der Waals surface area contributed by atoms with Gasteiger partial charge in [0, 0.05) is 23.6 Å². The van der Waals surface area contributed by atoms with Crippen LogP contribution in [0.3, 0.4) is 0 Å². The molecule has 1 heterocycles. The van der Waals surface area contributed by atoms with Crippen LogP contribution >= 0.6 is 0 Å². The number of fused-ring (bicyclic) bond motifs is 1. The first-order valence-corrected chi connectivity index (χ1v) is 12.1. The molecule has 2 aromatic carbocycles. The Bertz CT molecular complexity index is 1160. The molecule has 1 aromatic heterocycles. The molecule has 0 fully saturated rings. The molecule has 0 bridgehead atoms. The lowest BCUT2D eigenvalue weighted by Crippen LogP contribution is -2.39. The first kappa shape index (κ1) is 25.5. The van der Waals surface area contributed by atoms with Gasteiger partial charge in [0.15, 0.2) is 0 Å². The lowest BCUT2D eigenvalue weighted by molar-refractivity contribution is -0.117. The van der Waals surface area contributed by atoms with Crippen molar-refractivity contribution in [3.63, 3.8) is 0 Å². The zero-order valence-electron chi connectivity index (χ0n) is 21.6. The van der Waals surface area contributed by atoms with E-state index in [-0.39, 0.29) is 29.3 Å². The van der Waals surface area contributed by atoms with Gasteiger partial charge in [-0.2, -0.15) is 5.10 Å². The number of benzene rings is 2. The average Bonchev–Trinajstić information content (AvgIpc) is 3.20. The minimum absolute atomic E-state index is 0.0117. The maximum absolute atomic E-state index is 13.5. The third kappa shape index (κ3) is 5.85. The largest absolute Gasteiger partial charge is 0.329 e. The summed E-state index contributed by atoms with van der Waals surface area (Å²) in [5, 5.41) is 9.71. The van der Waals surface area contributed by atoms with Crippen molar-refractivity contribution in [2.24, 2.45) is 0 Å². The summed E-state index contributed by atoms with van der Waals surface area (Å²) in [5.41, 5.74) is 1.09. The standard InChI is InChI=1S/C28H38N4O2/c1-8-9-17-31(26(34)22-16-12-14-20-13-10-11-15-21(20)22)19-25(33)29-24-18-23(27(2,3)4)30-32(24)28(5,6)7/h10-16,18H,8-9,17,19H2,1-7H3,(H,29,33). The van der Waals surface area contributed by atoms with Crippen molar-refractivity contribution in [2.45, 2.75) is 72.3 Å². The number of hydrogen-bond donors (Lipinski definition) is 1. The highest BCUT2D eigenvalue weighted by Crippen LogP contribution is 2.28. The molecule has 0 aliphatic heterocycles. The maximum Gasteiger partial charge on any atom is 0.254 e. The summed E-state index contributed by atoms with van der Waals surface area (Å²) in [7, 11) is 0. The van der Waals surface area contributed by atoms with Gasteiger partial charge in [-0.3, -0.25) is 9.59 Å². The van der Waals surface area contributed by atoms with E-state index in [0.29, 0.717) is 17.9 Å². The summed E-state index contributed by atoms with van der Waals surface area (Å²) in [4.78, 5) is 28.4. The molecule has 0 aliphatic carbocycles. The van der Waals surface area contributed by atoms with Gasteiger partial charge in [-0.25, -0.2) is 4.68 Å². The Morgan fingerprint density at radius 1 is 1.00 bits per heavy atom. The van der Waals surface area contributed by atoms with Gasteiger partial charge in [0.25, 0.3) is 5.91 Å². The zero-order valence-corrected chi connectivity index (χ0v) is 21.6. The van der Waals surface area contributed by atoms with Crippen LogP contribution < -0.4 is 5.32 Å². The SMILES string of the molecule is CCCCN(CC(=O)Nc1cc(C(C)(C)C)nn1C(C)(C)C)C(=O)c1cccc2ccccc12. The van der Waals surface area contributed by atoms with E-state index in [1.54, 1.807) is 4.90 Å². The number of hydrogen-bond acceptors (Lipinski definition) is 3. The van der Waals surface area contributed by atoms with E-state index in [9.17, 15) is 9.59 Å². The average molecular weight is 463 g/mol. The molecule has 3 aromatic rings. The Morgan fingerprint density at radius 3 is 2.32 bits per heavy atom. The maximum atomic E-state index is 13.5. The third-order valence-electron chi connectivity index (χ3n) is 5.80. The van der Waals surface area contributed by atoms with Crippen LogP contribution in [0.5, 0.6) is 0 Å². The second-order valence-electron chi connectivity index (χ2n) is 10.9. The summed E-state index contributed by atoms with van der Waals surface area (Å²) in [6.07, 6.45) is 1.77. The van der Waals surface area contributed by atoms with E-state index >= 15 is 0 Å². The summed E-state index contributed by atoms with van der Waals surface area (Å²) < 4.78 is 1.86. The quantitative estimate of drug-likeness (QED) is 0.470. The summed E-state index contributed by atoms with van der Waals surface area (Å²) in [6.45, 7) is 15.1. The summed E-state index contributed by atoms with van der Waals surface area (Å²) in [6, 6.07) is 15.5. The highest BCUT2D eigenvalue weighted by Gasteiger charge is 2.27. The molecule has 0 spiro atoms. The minimum Gasteiger partial charge on any atom is -0.329 e. The molecular formula is C28H38N4O2.